The summed E-state index contributed by atoms with van der Waals surface area (Å²) in [7, 11) is 0. The molecule has 2 amide bonds. The Morgan fingerprint density at radius 2 is 1.96 bits per heavy atom. The van der Waals surface area contributed by atoms with Gasteiger partial charge in [0.25, 0.3) is 5.91 Å². The number of hydrogen-bond donors (Lipinski definition) is 2. The molecule has 0 aliphatic carbocycles. The number of hydrogen-bond acceptors (Lipinski definition) is 7. The van der Waals surface area contributed by atoms with E-state index in [4.69, 9.17) is 5.73 Å². The number of carbonyl (C=O) groups is 2. The van der Waals surface area contributed by atoms with Gasteiger partial charge in [-0.2, -0.15) is 5.10 Å². The van der Waals surface area contributed by atoms with Crippen molar-refractivity contribution in [3.8, 4) is 0 Å². The molecule has 2 heterocycles. The van der Waals surface area contributed by atoms with Crippen molar-refractivity contribution in [2.75, 3.05) is 10.3 Å². The average Bonchev–Trinajstić information content (AvgIpc) is 3.31. The van der Waals surface area contributed by atoms with Gasteiger partial charge in [0.15, 0.2) is 0 Å². The minimum absolute atomic E-state index is 0.147. The summed E-state index contributed by atoms with van der Waals surface area (Å²) in [6.45, 7) is 4.20. The monoisotopic (exact) mass is 386 g/mol. The van der Waals surface area contributed by atoms with Crippen LogP contribution in [-0.4, -0.2) is 33.8 Å². The van der Waals surface area contributed by atoms with Crippen LogP contribution in [0.5, 0.6) is 0 Å². The number of anilines is 2. The molecule has 8 nitrogen and oxygen atoms in total. The van der Waals surface area contributed by atoms with Crippen molar-refractivity contribution in [2.45, 2.75) is 45.1 Å². The summed E-state index contributed by atoms with van der Waals surface area (Å²) in [6, 6.07) is 8.47. The number of rotatable bonds is 7. The van der Waals surface area contributed by atoms with Crippen LogP contribution < -0.4 is 16.1 Å². The van der Waals surface area contributed by atoms with Crippen LogP contribution in [0.2, 0.25) is 0 Å². The van der Waals surface area contributed by atoms with Gasteiger partial charge in [-0.25, -0.2) is 0 Å². The lowest BCUT2D eigenvalue weighted by Crippen LogP contribution is -2.39. The van der Waals surface area contributed by atoms with Crippen LogP contribution in [0.15, 0.2) is 35.4 Å². The molecule has 2 aromatic rings. The Morgan fingerprint density at radius 3 is 2.59 bits per heavy atom. The van der Waals surface area contributed by atoms with Crippen LogP contribution >= 0.6 is 11.3 Å². The second kappa shape index (κ2) is 8.26. The topological polar surface area (TPSA) is 114 Å². The predicted molar refractivity (Wildman–Crippen MR) is 106 cm³/mol. The van der Waals surface area contributed by atoms with E-state index in [0.29, 0.717) is 16.7 Å². The van der Waals surface area contributed by atoms with Crippen LogP contribution in [0.1, 0.15) is 44.0 Å². The van der Waals surface area contributed by atoms with Crippen molar-refractivity contribution < 1.29 is 9.59 Å². The third kappa shape index (κ3) is 4.13. The number of aromatic nitrogens is 2. The molecule has 27 heavy (non-hydrogen) atoms. The van der Waals surface area contributed by atoms with Crippen molar-refractivity contribution >= 4 is 39.7 Å². The van der Waals surface area contributed by atoms with E-state index in [9.17, 15) is 9.59 Å². The van der Waals surface area contributed by atoms with Crippen molar-refractivity contribution in [3.05, 3.63) is 35.3 Å². The molecule has 0 saturated heterocycles. The molecule has 1 unspecified atom stereocenters. The van der Waals surface area contributed by atoms with Gasteiger partial charge in [0.05, 0.1) is 5.69 Å². The molecule has 1 aromatic carbocycles. The van der Waals surface area contributed by atoms with Crippen LogP contribution in [0.3, 0.4) is 0 Å². The van der Waals surface area contributed by atoms with E-state index in [1.807, 2.05) is 30.3 Å². The summed E-state index contributed by atoms with van der Waals surface area (Å²) in [5.74, 6) is -0.589. The molecular weight excluding hydrogens is 364 g/mol. The second-order valence-electron chi connectivity index (χ2n) is 6.26. The molecule has 0 saturated carbocycles. The zero-order valence-corrected chi connectivity index (χ0v) is 16.1. The highest BCUT2D eigenvalue weighted by molar-refractivity contribution is 7.15. The Kier molecular flexibility index (Phi) is 5.80. The van der Waals surface area contributed by atoms with Gasteiger partial charge < -0.3 is 5.73 Å². The van der Waals surface area contributed by atoms with Gasteiger partial charge in [0, 0.05) is 12.3 Å². The summed E-state index contributed by atoms with van der Waals surface area (Å²) in [5, 5.41) is 18.1. The molecule has 142 valence electrons. The van der Waals surface area contributed by atoms with Crippen molar-refractivity contribution in [1.29, 1.82) is 0 Å². The summed E-state index contributed by atoms with van der Waals surface area (Å²) in [4.78, 5) is 24.4. The lowest BCUT2D eigenvalue weighted by atomic mass is 10.1. The fourth-order valence-electron chi connectivity index (χ4n) is 2.95. The Balaban J connectivity index is 1.76. The molecule has 0 bridgehead atoms. The first-order chi connectivity index (χ1) is 13.0. The van der Waals surface area contributed by atoms with Crippen LogP contribution in [-0.2, 0) is 9.59 Å². The minimum Gasteiger partial charge on any atom is -0.368 e. The van der Waals surface area contributed by atoms with Gasteiger partial charge in [-0.3, -0.25) is 19.9 Å². The van der Waals surface area contributed by atoms with E-state index in [2.05, 4.69) is 34.5 Å². The van der Waals surface area contributed by atoms with Crippen LogP contribution in [0.25, 0.3) is 0 Å². The van der Waals surface area contributed by atoms with Gasteiger partial charge in [-0.05, 0) is 25.0 Å². The van der Waals surface area contributed by atoms with Gasteiger partial charge in [-0.1, -0.05) is 43.4 Å². The smallest absolute Gasteiger partial charge is 0.273 e. The van der Waals surface area contributed by atoms with Crippen LogP contribution in [0.4, 0.5) is 10.8 Å². The molecule has 1 aromatic heterocycles. The van der Waals surface area contributed by atoms with Gasteiger partial charge >= 0.3 is 0 Å². The van der Waals surface area contributed by atoms with E-state index in [1.165, 1.54) is 16.3 Å². The fraction of sp³-hybridized carbons (Fsp3) is 0.389. The molecule has 1 aliphatic rings. The van der Waals surface area contributed by atoms with E-state index in [1.54, 1.807) is 0 Å². The molecule has 3 N–H and O–H groups in total. The van der Waals surface area contributed by atoms with Gasteiger partial charge in [0.1, 0.15) is 16.8 Å². The molecule has 0 spiro atoms. The lowest BCUT2D eigenvalue weighted by molar-refractivity contribution is -0.119. The largest absolute Gasteiger partial charge is 0.368 e. The minimum atomic E-state index is -0.692. The molecule has 0 fully saturated rings. The second-order valence-corrected chi connectivity index (χ2v) is 7.27. The summed E-state index contributed by atoms with van der Waals surface area (Å²) < 4.78 is 0. The number of amides is 2. The zero-order valence-electron chi connectivity index (χ0n) is 15.3. The normalized spacial score (nSPS) is 16.5. The first-order valence-corrected chi connectivity index (χ1v) is 9.70. The summed E-state index contributed by atoms with van der Waals surface area (Å²) in [5.41, 5.74) is 6.44. The van der Waals surface area contributed by atoms with E-state index < -0.39 is 17.9 Å². The number of primary amides is 1. The first-order valence-electron chi connectivity index (χ1n) is 8.89. The fourth-order valence-corrected chi connectivity index (χ4v) is 3.95. The maximum absolute atomic E-state index is 12.6. The summed E-state index contributed by atoms with van der Waals surface area (Å²) >= 11 is 1.37. The maximum Gasteiger partial charge on any atom is 0.273 e. The number of hydrazone groups is 1. The number of benzene rings is 1. The Labute approximate surface area is 161 Å². The van der Waals surface area contributed by atoms with Crippen LogP contribution in [0, 0.1) is 0 Å². The Morgan fingerprint density at radius 1 is 1.26 bits per heavy atom. The van der Waals surface area contributed by atoms with E-state index >= 15 is 0 Å². The van der Waals surface area contributed by atoms with E-state index in [0.717, 1.165) is 17.8 Å². The average molecular weight is 386 g/mol. The standard InChI is InChI=1S/C18H22N6O2S/c1-3-11(4-2)17-21-22-18(27-17)20-16(26)13-10-14(15(19)25)24(23-13)12-8-6-5-7-9-12/h5-9,11,14H,3-4,10H2,1-2H3,(H2,19,25)(H,20,22,26). The highest BCUT2D eigenvalue weighted by atomic mass is 32.1. The predicted octanol–water partition coefficient (Wildman–Crippen LogP) is 2.50. The SMILES string of the molecule is CCC(CC)c1nnc(NC(=O)C2=NN(c3ccccc3)C(C(N)=O)C2)s1. The van der Waals surface area contributed by atoms with Gasteiger partial charge in [0.2, 0.25) is 11.0 Å². The first kappa shape index (κ1) is 19.0. The third-order valence-electron chi connectivity index (χ3n) is 4.52. The van der Waals surface area contributed by atoms with Crippen molar-refractivity contribution in [3.63, 3.8) is 0 Å². The molecule has 0 radical (unpaired) electrons. The van der Waals surface area contributed by atoms with Gasteiger partial charge in [-0.15, -0.1) is 10.2 Å². The van der Waals surface area contributed by atoms with E-state index in [-0.39, 0.29) is 12.1 Å². The number of nitrogens with zero attached hydrogens (tertiary/aromatic N) is 4. The van der Waals surface area contributed by atoms with Crippen molar-refractivity contribution in [1.82, 2.24) is 10.2 Å². The number of para-hydroxylation sites is 1. The zero-order chi connectivity index (χ0) is 19.4. The quantitative estimate of drug-likeness (QED) is 0.759. The number of carbonyl (C=O) groups excluding carboxylic acids is 2. The highest BCUT2D eigenvalue weighted by Gasteiger charge is 2.35. The molecule has 3 rings (SSSR count). The number of nitrogens with two attached hydrogens (primary N) is 1. The van der Waals surface area contributed by atoms with Crippen molar-refractivity contribution in [2.24, 2.45) is 10.8 Å². The molecule has 9 heteroatoms. The molecular formula is C18H22N6O2S. The summed E-state index contributed by atoms with van der Waals surface area (Å²) in [6.07, 6.45) is 2.09. The Bertz CT molecular complexity index is 847. The Hall–Kier alpha value is -2.81. The lowest BCUT2D eigenvalue weighted by Gasteiger charge is -2.20. The maximum atomic E-state index is 12.6. The molecule has 1 atom stereocenters. The molecule has 1 aliphatic heterocycles. The number of nitrogens with one attached hydrogen (secondary N) is 1. The highest BCUT2D eigenvalue weighted by Crippen LogP contribution is 2.29. The third-order valence-corrected chi connectivity index (χ3v) is 5.52.